The molecule has 6 heteroatoms. The summed E-state index contributed by atoms with van der Waals surface area (Å²) >= 11 is 0. The standard InChI is InChI=1S/C18H20N4O2/c23-18(15-9-3-6-12-24-15)21-16-17(22-10-4-5-11-22)20-14-8-2-1-7-13(14)19-16/h1-3,6-8,15H,4-5,9-12H2,(H,19,21,23). The fourth-order valence-electron chi connectivity index (χ4n) is 3.13. The van der Waals surface area contributed by atoms with Crippen molar-refractivity contribution in [3.05, 3.63) is 36.4 Å². The summed E-state index contributed by atoms with van der Waals surface area (Å²) in [5.41, 5.74) is 1.62. The molecule has 124 valence electrons. The van der Waals surface area contributed by atoms with E-state index in [1.54, 1.807) is 0 Å². The van der Waals surface area contributed by atoms with Gasteiger partial charge in [0.25, 0.3) is 5.91 Å². The number of carbonyl (C=O) groups is 1. The molecule has 3 heterocycles. The maximum Gasteiger partial charge on any atom is 0.255 e. The van der Waals surface area contributed by atoms with E-state index in [-0.39, 0.29) is 5.91 Å². The molecule has 1 amide bonds. The highest BCUT2D eigenvalue weighted by atomic mass is 16.5. The van der Waals surface area contributed by atoms with E-state index in [1.165, 1.54) is 0 Å². The molecule has 1 saturated heterocycles. The van der Waals surface area contributed by atoms with Crippen LogP contribution >= 0.6 is 0 Å². The van der Waals surface area contributed by atoms with Crippen molar-refractivity contribution in [2.75, 3.05) is 29.9 Å². The van der Waals surface area contributed by atoms with Gasteiger partial charge in [-0.15, -0.1) is 0 Å². The van der Waals surface area contributed by atoms with Gasteiger partial charge in [-0.1, -0.05) is 24.3 Å². The lowest BCUT2D eigenvalue weighted by Crippen LogP contribution is -2.33. The Hall–Kier alpha value is -2.47. The van der Waals surface area contributed by atoms with Crippen LogP contribution in [0.2, 0.25) is 0 Å². The van der Waals surface area contributed by atoms with Gasteiger partial charge in [-0.2, -0.15) is 0 Å². The first-order chi connectivity index (χ1) is 11.8. The van der Waals surface area contributed by atoms with E-state index in [1.807, 2.05) is 36.4 Å². The van der Waals surface area contributed by atoms with Gasteiger partial charge in [0.15, 0.2) is 11.6 Å². The number of aromatic nitrogens is 2. The van der Waals surface area contributed by atoms with Crippen molar-refractivity contribution < 1.29 is 9.53 Å². The Morgan fingerprint density at radius 2 is 1.88 bits per heavy atom. The summed E-state index contributed by atoms with van der Waals surface area (Å²) < 4.78 is 5.50. The molecule has 0 aliphatic carbocycles. The lowest BCUT2D eigenvalue weighted by Gasteiger charge is -2.22. The van der Waals surface area contributed by atoms with Crippen molar-refractivity contribution >= 4 is 28.6 Å². The lowest BCUT2D eigenvalue weighted by atomic mass is 10.2. The van der Waals surface area contributed by atoms with E-state index in [2.05, 4.69) is 15.2 Å². The van der Waals surface area contributed by atoms with Crippen molar-refractivity contribution in [2.45, 2.75) is 25.4 Å². The fraction of sp³-hybridized carbons (Fsp3) is 0.389. The van der Waals surface area contributed by atoms with Crippen molar-refractivity contribution in [2.24, 2.45) is 0 Å². The van der Waals surface area contributed by atoms with E-state index in [0.29, 0.717) is 18.8 Å². The molecule has 1 aromatic carbocycles. The Bertz CT molecular complexity index is 784. The molecule has 24 heavy (non-hydrogen) atoms. The number of benzene rings is 1. The molecule has 1 atom stereocenters. The minimum atomic E-state index is -0.463. The summed E-state index contributed by atoms with van der Waals surface area (Å²) in [6.45, 7) is 2.36. The van der Waals surface area contributed by atoms with E-state index in [9.17, 15) is 4.79 Å². The zero-order valence-electron chi connectivity index (χ0n) is 13.4. The zero-order valence-corrected chi connectivity index (χ0v) is 13.4. The number of hydrogen-bond donors (Lipinski definition) is 1. The third-order valence-electron chi connectivity index (χ3n) is 4.40. The topological polar surface area (TPSA) is 67.4 Å². The van der Waals surface area contributed by atoms with Crippen molar-refractivity contribution in [1.29, 1.82) is 0 Å². The van der Waals surface area contributed by atoms with E-state index in [0.717, 1.165) is 42.8 Å². The highest BCUT2D eigenvalue weighted by molar-refractivity contribution is 5.97. The van der Waals surface area contributed by atoms with Gasteiger partial charge < -0.3 is 15.0 Å². The van der Waals surface area contributed by atoms with Crippen LogP contribution in [0.4, 0.5) is 11.6 Å². The second-order valence-corrected chi connectivity index (χ2v) is 6.10. The molecule has 1 unspecified atom stereocenters. The van der Waals surface area contributed by atoms with Gasteiger partial charge in [-0.25, -0.2) is 9.97 Å². The number of ether oxygens (including phenoxy) is 1. The highest BCUT2D eigenvalue weighted by Crippen LogP contribution is 2.28. The van der Waals surface area contributed by atoms with Gasteiger partial charge in [0.2, 0.25) is 0 Å². The monoisotopic (exact) mass is 324 g/mol. The van der Waals surface area contributed by atoms with E-state index < -0.39 is 6.10 Å². The van der Waals surface area contributed by atoms with Crippen LogP contribution in [0.1, 0.15) is 19.3 Å². The van der Waals surface area contributed by atoms with Crippen LogP contribution < -0.4 is 10.2 Å². The molecule has 4 rings (SSSR count). The molecule has 2 aromatic rings. The highest BCUT2D eigenvalue weighted by Gasteiger charge is 2.24. The predicted molar refractivity (Wildman–Crippen MR) is 93.1 cm³/mol. The number of amides is 1. The Morgan fingerprint density at radius 1 is 1.12 bits per heavy atom. The van der Waals surface area contributed by atoms with Crippen LogP contribution in [0.25, 0.3) is 11.0 Å². The minimum absolute atomic E-state index is 0.163. The fourth-order valence-corrected chi connectivity index (χ4v) is 3.13. The number of rotatable bonds is 3. The molecule has 2 aliphatic heterocycles. The summed E-state index contributed by atoms with van der Waals surface area (Å²) in [5.74, 6) is 1.12. The van der Waals surface area contributed by atoms with Crippen LogP contribution in [0.5, 0.6) is 0 Å². The Balaban J connectivity index is 1.67. The molecule has 0 bridgehead atoms. The second-order valence-electron chi connectivity index (χ2n) is 6.10. The molecule has 6 nitrogen and oxygen atoms in total. The first kappa shape index (κ1) is 15.1. The second kappa shape index (κ2) is 6.57. The summed E-state index contributed by atoms with van der Waals surface area (Å²) in [7, 11) is 0. The van der Waals surface area contributed by atoms with E-state index in [4.69, 9.17) is 9.72 Å². The molecular formula is C18H20N4O2. The molecule has 0 spiro atoms. The van der Waals surface area contributed by atoms with Gasteiger partial charge in [-0.3, -0.25) is 4.79 Å². The van der Waals surface area contributed by atoms with E-state index >= 15 is 0 Å². The smallest absolute Gasteiger partial charge is 0.255 e. The molecule has 2 aliphatic rings. The largest absolute Gasteiger partial charge is 0.364 e. The molecule has 0 saturated carbocycles. The summed E-state index contributed by atoms with van der Waals surface area (Å²) in [6.07, 6.45) is 6.30. The van der Waals surface area contributed by atoms with Crippen molar-refractivity contribution in [1.82, 2.24) is 9.97 Å². The molecular weight excluding hydrogens is 304 g/mol. The number of hydrogen-bond acceptors (Lipinski definition) is 5. The van der Waals surface area contributed by atoms with Crippen LogP contribution in [0, 0.1) is 0 Å². The number of nitrogens with zero attached hydrogens (tertiary/aromatic N) is 3. The molecule has 1 N–H and O–H groups in total. The average Bonchev–Trinajstić information content (AvgIpc) is 3.16. The number of fused-ring (bicyclic) bond motifs is 1. The first-order valence-electron chi connectivity index (χ1n) is 8.40. The zero-order chi connectivity index (χ0) is 16.4. The lowest BCUT2D eigenvalue weighted by molar-refractivity contribution is -0.126. The number of nitrogens with one attached hydrogen (secondary N) is 1. The summed E-state index contributed by atoms with van der Waals surface area (Å²) in [5, 5.41) is 2.94. The Morgan fingerprint density at radius 3 is 2.58 bits per heavy atom. The van der Waals surface area contributed by atoms with Crippen molar-refractivity contribution in [3.8, 4) is 0 Å². The first-order valence-corrected chi connectivity index (χ1v) is 8.40. The van der Waals surface area contributed by atoms with Crippen molar-refractivity contribution in [3.63, 3.8) is 0 Å². The third kappa shape index (κ3) is 2.97. The minimum Gasteiger partial charge on any atom is -0.364 e. The Kier molecular flexibility index (Phi) is 4.13. The normalized spacial score (nSPS) is 20.5. The van der Waals surface area contributed by atoms with Gasteiger partial charge >= 0.3 is 0 Å². The SMILES string of the molecule is O=C(Nc1nc2ccccc2nc1N1CCCC1)C1CC=CCO1. The molecule has 1 fully saturated rings. The summed E-state index contributed by atoms with van der Waals surface area (Å²) in [4.78, 5) is 24.1. The van der Waals surface area contributed by atoms with Crippen LogP contribution in [0.15, 0.2) is 36.4 Å². The number of carbonyl (C=O) groups excluding carboxylic acids is 1. The van der Waals surface area contributed by atoms with Gasteiger partial charge in [0.05, 0.1) is 17.6 Å². The molecule has 0 radical (unpaired) electrons. The maximum atomic E-state index is 12.5. The van der Waals surface area contributed by atoms with Crippen LogP contribution in [-0.4, -0.2) is 41.7 Å². The summed E-state index contributed by atoms with van der Waals surface area (Å²) in [6, 6.07) is 7.73. The average molecular weight is 324 g/mol. The van der Waals surface area contributed by atoms with Gasteiger partial charge in [0.1, 0.15) is 6.10 Å². The van der Waals surface area contributed by atoms with Crippen LogP contribution in [-0.2, 0) is 9.53 Å². The van der Waals surface area contributed by atoms with Gasteiger partial charge in [-0.05, 0) is 25.0 Å². The van der Waals surface area contributed by atoms with Crippen LogP contribution in [0.3, 0.4) is 0 Å². The predicted octanol–water partition coefficient (Wildman–Crippen LogP) is 2.51. The maximum absolute atomic E-state index is 12.5. The quantitative estimate of drug-likeness (QED) is 0.879. The molecule has 1 aromatic heterocycles. The van der Waals surface area contributed by atoms with Gasteiger partial charge in [0, 0.05) is 19.5 Å². The third-order valence-corrected chi connectivity index (χ3v) is 4.40. The Labute approximate surface area is 140 Å². The number of anilines is 2. The number of para-hydroxylation sites is 2.